The number of halogens is 1. The van der Waals surface area contributed by atoms with Crippen molar-refractivity contribution in [3.05, 3.63) is 41.1 Å². The average molecular weight is 362 g/mol. The SMILES string of the molecule is O=C(Nc1cccc(Cl)c1N1CCOCC1)c1coc(C2CCC2)n1. The van der Waals surface area contributed by atoms with Gasteiger partial charge in [-0.25, -0.2) is 4.98 Å². The van der Waals surface area contributed by atoms with E-state index in [0.29, 0.717) is 41.4 Å². The molecule has 1 saturated heterocycles. The molecule has 2 aromatic rings. The molecule has 0 unspecified atom stereocenters. The number of oxazole rings is 1. The van der Waals surface area contributed by atoms with E-state index in [1.807, 2.05) is 18.2 Å². The van der Waals surface area contributed by atoms with Gasteiger partial charge in [0.2, 0.25) is 0 Å². The molecule has 7 heteroatoms. The van der Waals surface area contributed by atoms with Gasteiger partial charge in [0.1, 0.15) is 6.26 Å². The van der Waals surface area contributed by atoms with E-state index in [4.69, 9.17) is 20.8 Å². The van der Waals surface area contributed by atoms with E-state index < -0.39 is 0 Å². The van der Waals surface area contributed by atoms with Gasteiger partial charge in [-0.15, -0.1) is 0 Å². The molecular weight excluding hydrogens is 342 g/mol. The smallest absolute Gasteiger partial charge is 0.277 e. The van der Waals surface area contributed by atoms with Crippen LogP contribution in [-0.2, 0) is 4.74 Å². The number of carbonyl (C=O) groups excluding carboxylic acids is 1. The predicted octanol–water partition coefficient (Wildman–Crippen LogP) is 3.68. The lowest BCUT2D eigenvalue weighted by Crippen LogP contribution is -2.37. The van der Waals surface area contributed by atoms with Crippen LogP contribution in [0.4, 0.5) is 11.4 Å². The van der Waals surface area contributed by atoms with Crippen molar-refractivity contribution in [2.45, 2.75) is 25.2 Å². The number of morpholine rings is 1. The Balaban J connectivity index is 1.54. The van der Waals surface area contributed by atoms with E-state index in [9.17, 15) is 4.79 Å². The summed E-state index contributed by atoms with van der Waals surface area (Å²) in [6.07, 6.45) is 4.79. The van der Waals surface area contributed by atoms with Crippen molar-refractivity contribution in [2.24, 2.45) is 0 Å². The zero-order chi connectivity index (χ0) is 17.2. The van der Waals surface area contributed by atoms with E-state index in [0.717, 1.165) is 31.6 Å². The molecule has 1 aliphatic carbocycles. The molecule has 132 valence electrons. The molecule has 0 bridgehead atoms. The molecule has 25 heavy (non-hydrogen) atoms. The summed E-state index contributed by atoms with van der Waals surface area (Å²) in [6.45, 7) is 2.77. The maximum absolute atomic E-state index is 12.6. The lowest BCUT2D eigenvalue weighted by Gasteiger charge is -2.31. The summed E-state index contributed by atoms with van der Waals surface area (Å²) in [7, 11) is 0. The Bertz CT molecular complexity index is 767. The van der Waals surface area contributed by atoms with Crippen LogP contribution in [0.25, 0.3) is 0 Å². The second-order valence-corrected chi connectivity index (χ2v) is 6.80. The predicted molar refractivity (Wildman–Crippen MR) is 95.5 cm³/mol. The number of ether oxygens (including phenoxy) is 1. The first-order valence-electron chi connectivity index (χ1n) is 8.60. The maximum Gasteiger partial charge on any atom is 0.277 e. The molecule has 0 radical (unpaired) electrons. The number of nitrogens with zero attached hydrogens (tertiary/aromatic N) is 2. The van der Waals surface area contributed by atoms with Gasteiger partial charge in [-0.3, -0.25) is 4.79 Å². The Morgan fingerprint density at radius 3 is 2.80 bits per heavy atom. The number of hydrogen-bond acceptors (Lipinski definition) is 5. The quantitative estimate of drug-likeness (QED) is 0.899. The van der Waals surface area contributed by atoms with E-state index in [2.05, 4.69) is 15.2 Å². The van der Waals surface area contributed by atoms with Crippen LogP contribution in [0.2, 0.25) is 5.02 Å². The molecule has 1 aliphatic heterocycles. The molecule has 1 aromatic carbocycles. The van der Waals surface area contributed by atoms with Crippen molar-refractivity contribution in [1.29, 1.82) is 0 Å². The van der Waals surface area contributed by atoms with Crippen molar-refractivity contribution in [2.75, 3.05) is 36.5 Å². The fourth-order valence-electron chi connectivity index (χ4n) is 3.15. The van der Waals surface area contributed by atoms with Crippen LogP contribution in [0.3, 0.4) is 0 Å². The molecule has 6 nitrogen and oxygen atoms in total. The number of rotatable bonds is 4. The zero-order valence-corrected chi connectivity index (χ0v) is 14.6. The second kappa shape index (κ2) is 7.06. The molecule has 1 amide bonds. The lowest BCUT2D eigenvalue weighted by atomic mass is 9.85. The minimum Gasteiger partial charge on any atom is -0.448 e. The normalized spacial score (nSPS) is 18.0. The topological polar surface area (TPSA) is 67.6 Å². The van der Waals surface area contributed by atoms with Crippen molar-refractivity contribution in [3.8, 4) is 0 Å². The molecule has 0 spiro atoms. The standard InChI is InChI=1S/C18H20ClN3O3/c19-13-5-2-6-14(16(13)22-7-9-24-10-8-22)20-17(23)15-11-25-18(21-15)12-3-1-4-12/h2,5-6,11-12H,1,3-4,7-10H2,(H,20,23). The van der Waals surface area contributed by atoms with Crippen LogP contribution in [0.5, 0.6) is 0 Å². The molecule has 1 N–H and O–H groups in total. The summed E-state index contributed by atoms with van der Waals surface area (Å²) in [4.78, 5) is 19.1. The van der Waals surface area contributed by atoms with Crippen molar-refractivity contribution in [1.82, 2.24) is 4.98 Å². The minimum absolute atomic E-state index is 0.286. The van der Waals surface area contributed by atoms with Crippen molar-refractivity contribution < 1.29 is 13.9 Å². The van der Waals surface area contributed by atoms with E-state index in [1.165, 1.54) is 12.7 Å². The highest BCUT2D eigenvalue weighted by Crippen LogP contribution is 2.36. The van der Waals surface area contributed by atoms with Crippen LogP contribution in [0, 0.1) is 0 Å². The fourth-order valence-corrected chi connectivity index (χ4v) is 3.44. The highest BCUT2D eigenvalue weighted by molar-refractivity contribution is 6.34. The molecule has 0 atom stereocenters. The lowest BCUT2D eigenvalue weighted by molar-refractivity contribution is 0.102. The summed E-state index contributed by atoms with van der Waals surface area (Å²) in [5.74, 6) is 0.735. The summed E-state index contributed by atoms with van der Waals surface area (Å²) in [5, 5.41) is 3.53. The molecule has 1 aromatic heterocycles. The Morgan fingerprint density at radius 1 is 1.28 bits per heavy atom. The molecule has 2 fully saturated rings. The molecular formula is C18H20ClN3O3. The number of para-hydroxylation sites is 1. The zero-order valence-electron chi connectivity index (χ0n) is 13.8. The van der Waals surface area contributed by atoms with Gasteiger partial charge in [-0.1, -0.05) is 24.1 Å². The van der Waals surface area contributed by atoms with Gasteiger partial charge >= 0.3 is 0 Å². The van der Waals surface area contributed by atoms with Gasteiger partial charge in [0, 0.05) is 19.0 Å². The summed E-state index contributed by atoms with van der Waals surface area (Å²) in [6, 6.07) is 5.50. The number of aromatic nitrogens is 1. The molecule has 2 aliphatic rings. The Kier molecular flexibility index (Phi) is 4.63. The Morgan fingerprint density at radius 2 is 2.08 bits per heavy atom. The van der Waals surface area contributed by atoms with Gasteiger partial charge in [0.25, 0.3) is 5.91 Å². The van der Waals surface area contributed by atoms with Gasteiger partial charge in [-0.2, -0.15) is 0 Å². The van der Waals surface area contributed by atoms with Gasteiger partial charge in [-0.05, 0) is 25.0 Å². The van der Waals surface area contributed by atoms with E-state index in [1.54, 1.807) is 0 Å². The first-order chi connectivity index (χ1) is 12.2. The third-order valence-corrected chi connectivity index (χ3v) is 5.08. The van der Waals surface area contributed by atoms with Crippen LogP contribution in [-0.4, -0.2) is 37.2 Å². The van der Waals surface area contributed by atoms with E-state index >= 15 is 0 Å². The Hall–Kier alpha value is -2.05. The van der Waals surface area contributed by atoms with Crippen LogP contribution < -0.4 is 10.2 Å². The molecule has 4 rings (SSSR count). The van der Waals surface area contributed by atoms with Gasteiger partial charge < -0.3 is 19.4 Å². The number of benzene rings is 1. The summed E-state index contributed by atoms with van der Waals surface area (Å²) < 4.78 is 10.9. The molecule has 1 saturated carbocycles. The highest BCUT2D eigenvalue weighted by Gasteiger charge is 2.26. The number of carbonyl (C=O) groups is 1. The fraction of sp³-hybridized carbons (Fsp3) is 0.444. The Labute approximate surface area is 151 Å². The maximum atomic E-state index is 12.6. The van der Waals surface area contributed by atoms with Crippen LogP contribution in [0.1, 0.15) is 41.6 Å². The average Bonchev–Trinajstić information content (AvgIpc) is 3.04. The first-order valence-corrected chi connectivity index (χ1v) is 8.98. The third kappa shape index (κ3) is 3.37. The number of nitrogens with one attached hydrogen (secondary N) is 1. The van der Waals surface area contributed by atoms with Crippen molar-refractivity contribution >= 4 is 28.9 Å². The number of anilines is 2. The number of hydrogen-bond donors (Lipinski definition) is 1. The monoisotopic (exact) mass is 361 g/mol. The summed E-state index contributed by atoms with van der Waals surface area (Å²) in [5.41, 5.74) is 1.80. The highest BCUT2D eigenvalue weighted by atomic mass is 35.5. The third-order valence-electron chi connectivity index (χ3n) is 4.77. The minimum atomic E-state index is -0.286. The van der Waals surface area contributed by atoms with Crippen LogP contribution in [0.15, 0.2) is 28.9 Å². The second-order valence-electron chi connectivity index (χ2n) is 6.39. The van der Waals surface area contributed by atoms with Gasteiger partial charge in [0.15, 0.2) is 11.6 Å². The largest absolute Gasteiger partial charge is 0.448 e. The number of amides is 1. The van der Waals surface area contributed by atoms with E-state index in [-0.39, 0.29) is 5.91 Å². The van der Waals surface area contributed by atoms with Crippen LogP contribution >= 0.6 is 11.6 Å². The van der Waals surface area contributed by atoms with Crippen molar-refractivity contribution in [3.63, 3.8) is 0 Å². The van der Waals surface area contributed by atoms with Gasteiger partial charge in [0.05, 0.1) is 29.6 Å². The molecule has 2 heterocycles. The summed E-state index contributed by atoms with van der Waals surface area (Å²) >= 11 is 6.40. The first kappa shape index (κ1) is 16.4.